The molecule has 1 aromatic heterocycles. The number of carbonyl (C=O) groups is 1. The number of likely N-dealkylation sites (N-methyl/N-ethyl adjacent to an activating group) is 1. The van der Waals surface area contributed by atoms with Crippen LogP contribution < -0.4 is 5.73 Å². The third-order valence-corrected chi connectivity index (χ3v) is 5.73. The molecular weight excluding hydrogens is 314 g/mol. The van der Waals surface area contributed by atoms with Gasteiger partial charge in [-0.25, -0.2) is 0 Å². The lowest BCUT2D eigenvalue weighted by Crippen LogP contribution is -2.39. The maximum absolute atomic E-state index is 12.7. The van der Waals surface area contributed by atoms with Crippen molar-refractivity contribution in [1.82, 2.24) is 9.80 Å². The Bertz CT molecular complexity index is 478. The number of thiol groups is 1. The third kappa shape index (κ3) is 3.85. The number of nitrogens with two attached hydrogens (primary N) is 1. The van der Waals surface area contributed by atoms with E-state index in [1.807, 2.05) is 4.90 Å². The Morgan fingerprint density at radius 1 is 1.36 bits per heavy atom. The zero-order chi connectivity index (χ0) is 16.1. The van der Waals surface area contributed by atoms with E-state index in [-0.39, 0.29) is 11.9 Å². The second-order valence-corrected chi connectivity index (χ2v) is 7.03. The van der Waals surface area contributed by atoms with Gasteiger partial charge in [0.05, 0.1) is 4.88 Å². The molecule has 2 N–H and O–H groups in total. The van der Waals surface area contributed by atoms with Gasteiger partial charge in [-0.3, -0.25) is 4.79 Å². The van der Waals surface area contributed by atoms with Crippen LogP contribution in [0.5, 0.6) is 0 Å². The van der Waals surface area contributed by atoms with Gasteiger partial charge >= 0.3 is 0 Å². The predicted molar refractivity (Wildman–Crippen MR) is 97.2 cm³/mol. The zero-order valence-electron chi connectivity index (χ0n) is 13.5. The summed E-state index contributed by atoms with van der Waals surface area (Å²) < 4.78 is 0. The molecule has 1 saturated heterocycles. The summed E-state index contributed by atoms with van der Waals surface area (Å²) in [5.74, 6) is 0.198. The molecule has 1 aromatic rings. The Morgan fingerprint density at radius 3 is 2.82 bits per heavy atom. The minimum atomic E-state index is 0.198. The van der Waals surface area contributed by atoms with Crippen LogP contribution in [0.1, 0.15) is 33.0 Å². The van der Waals surface area contributed by atoms with Crippen molar-refractivity contribution in [3.05, 3.63) is 21.4 Å². The van der Waals surface area contributed by atoms with Crippen molar-refractivity contribution < 1.29 is 4.79 Å². The Morgan fingerprint density at radius 2 is 2.09 bits per heavy atom. The minimum Gasteiger partial charge on any atom is -0.334 e. The summed E-state index contributed by atoms with van der Waals surface area (Å²) in [6, 6.07) is 2.38. The molecule has 22 heavy (non-hydrogen) atoms. The van der Waals surface area contributed by atoms with Gasteiger partial charge in [0, 0.05) is 37.1 Å². The quantitative estimate of drug-likeness (QED) is 0.808. The molecule has 6 heteroatoms. The maximum Gasteiger partial charge on any atom is 0.264 e. The monoisotopic (exact) mass is 341 g/mol. The highest BCUT2D eigenvalue weighted by atomic mass is 32.1. The van der Waals surface area contributed by atoms with Crippen LogP contribution in [0.4, 0.5) is 0 Å². The van der Waals surface area contributed by atoms with Gasteiger partial charge < -0.3 is 15.5 Å². The largest absolute Gasteiger partial charge is 0.334 e. The molecule has 0 radical (unpaired) electrons. The van der Waals surface area contributed by atoms with Gasteiger partial charge in [-0.05, 0) is 50.6 Å². The molecule has 0 aliphatic carbocycles. The fourth-order valence-electron chi connectivity index (χ4n) is 3.20. The van der Waals surface area contributed by atoms with Gasteiger partial charge in [-0.15, -0.1) is 11.3 Å². The fraction of sp³-hybridized carbons (Fsp3) is 0.688. The van der Waals surface area contributed by atoms with Gasteiger partial charge in [0.1, 0.15) is 0 Å². The number of rotatable bonds is 2. The molecule has 0 bridgehead atoms. The molecule has 2 aliphatic rings. The summed E-state index contributed by atoms with van der Waals surface area (Å²) >= 11 is 5.23. The average molecular weight is 342 g/mol. The number of likely N-dealkylation sites (tertiary alicyclic amines) is 1. The highest BCUT2D eigenvalue weighted by molar-refractivity contribution is 7.79. The summed E-state index contributed by atoms with van der Waals surface area (Å²) in [7, 11) is 2.17. The molecule has 1 amide bonds. The molecule has 3 heterocycles. The van der Waals surface area contributed by atoms with E-state index < -0.39 is 0 Å². The number of fused-ring (bicyclic) bond motifs is 1. The molecule has 0 saturated carbocycles. The SMILES string of the molecule is CN1CCc2cc(C(=O)N3CCC[C@H]3CN)sc2CC1.CS. The lowest BCUT2D eigenvalue weighted by atomic mass is 10.1. The van der Waals surface area contributed by atoms with Crippen LogP contribution in [0.15, 0.2) is 6.07 Å². The first-order valence-electron chi connectivity index (χ1n) is 7.95. The van der Waals surface area contributed by atoms with E-state index in [4.69, 9.17) is 5.73 Å². The number of hydrogen-bond acceptors (Lipinski definition) is 5. The van der Waals surface area contributed by atoms with E-state index in [2.05, 4.69) is 30.6 Å². The van der Waals surface area contributed by atoms with Crippen LogP contribution in [0, 0.1) is 0 Å². The van der Waals surface area contributed by atoms with Gasteiger partial charge in [-0.1, -0.05) is 0 Å². The van der Waals surface area contributed by atoms with Crippen molar-refractivity contribution in [2.45, 2.75) is 31.7 Å². The summed E-state index contributed by atoms with van der Waals surface area (Å²) in [5.41, 5.74) is 7.16. The Kier molecular flexibility index (Phi) is 6.74. The van der Waals surface area contributed by atoms with Crippen LogP contribution in [0.3, 0.4) is 0 Å². The topological polar surface area (TPSA) is 49.6 Å². The molecule has 0 aromatic carbocycles. The van der Waals surface area contributed by atoms with Crippen LogP contribution in [0.2, 0.25) is 0 Å². The summed E-state index contributed by atoms with van der Waals surface area (Å²) in [6.45, 7) is 3.64. The summed E-state index contributed by atoms with van der Waals surface area (Å²) in [5, 5.41) is 0. The highest BCUT2D eigenvalue weighted by Gasteiger charge is 2.30. The summed E-state index contributed by atoms with van der Waals surface area (Å²) in [6.07, 6.45) is 5.97. The van der Waals surface area contributed by atoms with Crippen molar-refractivity contribution >= 4 is 29.9 Å². The Labute approximate surface area is 143 Å². The van der Waals surface area contributed by atoms with E-state index in [1.54, 1.807) is 17.6 Å². The van der Waals surface area contributed by atoms with Crippen molar-refractivity contribution in [2.24, 2.45) is 5.73 Å². The molecule has 0 unspecified atom stereocenters. The molecule has 2 aliphatic heterocycles. The highest BCUT2D eigenvalue weighted by Crippen LogP contribution is 2.29. The first-order valence-corrected chi connectivity index (χ1v) is 9.66. The number of nitrogens with zero attached hydrogens (tertiary/aromatic N) is 2. The standard InChI is InChI=1S/C15H23N3OS.CH4S/c1-17-7-4-11-9-14(20-13(11)5-8-17)15(19)18-6-2-3-12(18)10-16;1-2/h9,12H,2-8,10,16H2,1H3;2H,1H3/t12-;/m0./s1. The van der Waals surface area contributed by atoms with Crippen molar-refractivity contribution in [3.63, 3.8) is 0 Å². The van der Waals surface area contributed by atoms with E-state index in [1.165, 1.54) is 10.4 Å². The molecule has 1 atom stereocenters. The van der Waals surface area contributed by atoms with E-state index >= 15 is 0 Å². The van der Waals surface area contributed by atoms with E-state index in [9.17, 15) is 4.79 Å². The summed E-state index contributed by atoms with van der Waals surface area (Å²) in [4.78, 5) is 19.3. The Hall–Kier alpha value is -0.560. The first-order chi connectivity index (χ1) is 10.7. The number of amides is 1. The van der Waals surface area contributed by atoms with Gasteiger partial charge in [0.15, 0.2) is 0 Å². The molecule has 3 rings (SSSR count). The van der Waals surface area contributed by atoms with Crippen LogP contribution in [-0.2, 0) is 12.8 Å². The zero-order valence-corrected chi connectivity index (χ0v) is 15.3. The van der Waals surface area contributed by atoms with Crippen molar-refractivity contribution in [2.75, 3.05) is 39.5 Å². The lowest BCUT2D eigenvalue weighted by Gasteiger charge is -2.22. The fourth-order valence-corrected chi connectivity index (χ4v) is 4.36. The van der Waals surface area contributed by atoms with E-state index in [0.717, 1.165) is 50.2 Å². The first kappa shape index (κ1) is 17.8. The average Bonchev–Trinajstić information content (AvgIpc) is 3.15. The van der Waals surface area contributed by atoms with Gasteiger partial charge in [0.2, 0.25) is 0 Å². The molecule has 124 valence electrons. The second kappa shape index (κ2) is 8.34. The number of carbonyl (C=O) groups excluding carboxylic acids is 1. The Balaban J connectivity index is 0.000000847. The number of hydrogen-bond donors (Lipinski definition) is 2. The number of thiophene rings is 1. The molecule has 0 spiro atoms. The molecule has 4 nitrogen and oxygen atoms in total. The van der Waals surface area contributed by atoms with Gasteiger partial charge in [0.25, 0.3) is 5.91 Å². The van der Waals surface area contributed by atoms with E-state index in [0.29, 0.717) is 6.54 Å². The third-order valence-electron chi connectivity index (χ3n) is 4.50. The van der Waals surface area contributed by atoms with Crippen molar-refractivity contribution in [3.8, 4) is 0 Å². The molecular formula is C16H27N3OS2. The predicted octanol–water partition coefficient (Wildman–Crippen LogP) is 1.89. The maximum atomic E-state index is 12.7. The van der Waals surface area contributed by atoms with Gasteiger partial charge in [-0.2, -0.15) is 12.6 Å². The van der Waals surface area contributed by atoms with Crippen LogP contribution >= 0.6 is 24.0 Å². The normalized spacial score (nSPS) is 21.8. The van der Waals surface area contributed by atoms with Crippen molar-refractivity contribution in [1.29, 1.82) is 0 Å². The van der Waals surface area contributed by atoms with Crippen LogP contribution in [-0.4, -0.2) is 61.2 Å². The smallest absolute Gasteiger partial charge is 0.264 e. The molecule has 1 fully saturated rings. The van der Waals surface area contributed by atoms with Crippen LogP contribution in [0.25, 0.3) is 0 Å². The lowest BCUT2D eigenvalue weighted by molar-refractivity contribution is 0.0746. The second-order valence-electron chi connectivity index (χ2n) is 5.89. The minimum absolute atomic E-state index is 0.198.